The Balaban J connectivity index is 2.32. The molecule has 1 saturated heterocycles. The van der Waals surface area contributed by atoms with Gasteiger partial charge >= 0.3 is 6.09 Å². The van der Waals surface area contributed by atoms with Crippen LogP contribution < -0.4 is 16.0 Å². The fourth-order valence-electron chi connectivity index (χ4n) is 4.88. The predicted molar refractivity (Wildman–Crippen MR) is 141 cm³/mol. The Morgan fingerprint density at radius 2 is 1.89 bits per heavy atom. The lowest BCUT2D eigenvalue weighted by atomic mass is 9.84. The maximum absolute atomic E-state index is 13.7. The molecule has 2 amide bonds. The van der Waals surface area contributed by atoms with Crippen molar-refractivity contribution >= 4 is 17.8 Å². The summed E-state index contributed by atoms with van der Waals surface area (Å²) in [5.74, 6) is 0.298. The van der Waals surface area contributed by atoms with Crippen LogP contribution in [-0.2, 0) is 19.0 Å². The number of hydrogen-bond acceptors (Lipinski definition) is 9. The van der Waals surface area contributed by atoms with Gasteiger partial charge in [0.25, 0.3) is 0 Å². The van der Waals surface area contributed by atoms with Crippen molar-refractivity contribution in [2.45, 2.75) is 76.0 Å². The molecule has 11 heteroatoms. The Kier molecular flexibility index (Phi) is 13.9. The summed E-state index contributed by atoms with van der Waals surface area (Å²) in [5.41, 5.74) is -0.916. The van der Waals surface area contributed by atoms with E-state index in [-0.39, 0.29) is 18.3 Å². The van der Waals surface area contributed by atoms with Crippen LogP contribution in [0.15, 0.2) is 4.99 Å². The maximum Gasteiger partial charge on any atom is 0.412 e. The number of hydrogen-bond donors (Lipinski definition) is 3. The summed E-state index contributed by atoms with van der Waals surface area (Å²) in [6.07, 6.45) is 5.96. The molecular formula is C26H46N6O5. The van der Waals surface area contributed by atoms with Gasteiger partial charge in [-0.3, -0.25) is 15.1 Å². The minimum atomic E-state index is -0.916. The topological polar surface area (TPSA) is 137 Å². The van der Waals surface area contributed by atoms with Gasteiger partial charge in [0.15, 0.2) is 0 Å². The quantitative estimate of drug-likeness (QED) is 0.189. The van der Waals surface area contributed by atoms with Crippen molar-refractivity contribution < 1.29 is 23.8 Å². The van der Waals surface area contributed by atoms with Gasteiger partial charge in [0.1, 0.15) is 23.5 Å². The molecule has 2 unspecified atom stereocenters. The number of amides is 2. The van der Waals surface area contributed by atoms with Gasteiger partial charge in [-0.15, -0.1) is 0 Å². The lowest BCUT2D eigenvalue weighted by molar-refractivity contribution is -0.124. The SMILES string of the molecule is CCOC(=O)NC(=NC(CC1CCCCC1)C(=O)NC1(C#N)CCN(C)CC1)C(CNCCOC)OC. The van der Waals surface area contributed by atoms with E-state index in [1.807, 2.05) is 7.05 Å². The van der Waals surface area contributed by atoms with Gasteiger partial charge in [-0.2, -0.15) is 5.26 Å². The Morgan fingerprint density at radius 3 is 2.49 bits per heavy atom. The first-order valence-electron chi connectivity index (χ1n) is 13.5. The molecule has 2 rings (SSSR count). The number of carbonyl (C=O) groups is 2. The summed E-state index contributed by atoms with van der Waals surface area (Å²) in [7, 11) is 5.17. The largest absolute Gasteiger partial charge is 0.450 e. The summed E-state index contributed by atoms with van der Waals surface area (Å²) in [5, 5.41) is 18.9. The van der Waals surface area contributed by atoms with E-state index < -0.39 is 23.8 Å². The monoisotopic (exact) mass is 522 g/mol. The molecule has 0 radical (unpaired) electrons. The lowest BCUT2D eigenvalue weighted by Crippen LogP contribution is -2.56. The van der Waals surface area contributed by atoms with Crippen LogP contribution in [0.4, 0.5) is 4.79 Å². The van der Waals surface area contributed by atoms with Crippen molar-refractivity contribution in [1.82, 2.24) is 20.9 Å². The number of methoxy groups -OCH3 is 2. The average molecular weight is 523 g/mol. The summed E-state index contributed by atoms with van der Waals surface area (Å²) in [6.45, 7) is 4.86. The summed E-state index contributed by atoms with van der Waals surface area (Å²) < 4.78 is 15.8. The molecule has 210 valence electrons. The van der Waals surface area contributed by atoms with E-state index in [2.05, 4.69) is 26.9 Å². The molecule has 0 aromatic heterocycles. The molecule has 1 aliphatic heterocycles. The summed E-state index contributed by atoms with van der Waals surface area (Å²) in [4.78, 5) is 33.0. The summed E-state index contributed by atoms with van der Waals surface area (Å²) >= 11 is 0. The second-order valence-corrected chi connectivity index (χ2v) is 10.0. The minimum absolute atomic E-state index is 0.202. The Morgan fingerprint density at radius 1 is 1.19 bits per heavy atom. The summed E-state index contributed by atoms with van der Waals surface area (Å²) in [6, 6.07) is 1.60. The van der Waals surface area contributed by atoms with Gasteiger partial charge in [-0.1, -0.05) is 32.1 Å². The van der Waals surface area contributed by atoms with Crippen LogP contribution in [0.3, 0.4) is 0 Å². The number of amidine groups is 1. The van der Waals surface area contributed by atoms with Gasteiger partial charge in [-0.25, -0.2) is 4.79 Å². The van der Waals surface area contributed by atoms with Crippen LogP contribution in [-0.4, -0.2) is 101 Å². The number of likely N-dealkylation sites (tertiary alicyclic amines) is 1. The van der Waals surface area contributed by atoms with Gasteiger partial charge < -0.3 is 29.7 Å². The molecular weight excluding hydrogens is 476 g/mol. The Labute approximate surface area is 221 Å². The van der Waals surface area contributed by atoms with E-state index in [1.54, 1.807) is 14.0 Å². The fourth-order valence-corrected chi connectivity index (χ4v) is 4.88. The van der Waals surface area contributed by atoms with E-state index in [4.69, 9.17) is 19.2 Å². The van der Waals surface area contributed by atoms with E-state index in [0.717, 1.165) is 38.8 Å². The second kappa shape index (κ2) is 16.6. The zero-order valence-electron chi connectivity index (χ0n) is 23.0. The van der Waals surface area contributed by atoms with Crippen LogP contribution in [0.2, 0.25) is 0 Å². The highest BCUT2D eigenvalue weighted by atomic mass is 16.5. The number of piperidine rings is 1. The van der Waals surface area contributed by atoms with Crippen molar-refractivity contribution in [3.8, 4) is 6.07 Å². The normalized spacial score (nSPS) is 20.5. The van der Waals surface area contributed by atoms with Crippen molar-refractivity contribution in [2.75, 3.05) is 60.7 Å². The Hall–Kier alpha value is -2.26. The van der Waals surface area contributed by atoms with Crippen LogP contribution in [0, 0.1) is 17.2 Å². The predicted octanol–water partition coefficient (Wildman–Crippen LogP) is 1.83. The standard InChI is InChI=1S/C26H46N6O5/c1-5-37-25(34)30-23(22(36-4)18-28-13-16-35-3)29-21(17-20-9-7-6-8-10-20)24(33)31-26(19-27)11-14-32(2)15-12-26/h20-22,28H,5-18H2,1-4H3,(H,31,33)(H,29,30,34). The smallest absolute Gasteiger partial charge is 0.412 e. The van der Waals surface area contributed by atoms with Gasteiger partial charge in [-0.05, 0) is 39.2 Å². The van der Waals surface area contributed by atoms with Gasteiger partial charge in [0.2, 0.25) is 5.91 Å². The highest BCUT2D eigenvalue weighted by Crippen LogP contribution is 2.29. The first kappa shape index (κ1) is 31.0. The molecule has 0 aromatic carbocycles. The van der Waals surface area contributed by atoms with Crippen molar-refractivity contribution in [3.05, 3.63) is 0 Å². The average Bonchev–Trinajstić information content (AvgIpc) is 2.90. The van der Waals surface area contributed by atoms with E-state index in [0.29, 0.717) is 44.9 Å². The number of rotatable bonds is 13. The van der Waals surface area contributed by atoms with Crippen LogP contribution >= 0.6 is 0 Å². The van der Waals surface area contributed by atoms with Gasteiger partial charge in [0, 0.05) is 40.4 Å². The second-order valence-electron chi connectivity index (χ2n) is 10.0. The molecule has 0 bridgehead atoms. The number of aliphatic imine (C=N–C) groups is 1. The molecule has 3 N–H and O–H groups in total. The molecule has 1 heterocycles. The fraction of sp³-hybridized carbons (Fsp3) is 0.846. The molecule has 0 aromatic rings. The Bertz CT molecular complexity index is 772. The molecule has 2 aliphatic rings. The third-order valence-electron chi connectivity index (χ3n) is 7.20. The molecule has 0 spiro atoms. The number of nitrogens with zero attached hydrogens (tertiary/aromatic N) is 3. The van der Waals surface area contributed by atoms with Crippen LogP contribution in [0.5, 0.6) is 0 Å². The number of alkyl carbamates (subject to hydrolysis) is 1. The zero-order valence-corrected chi connectivity index (χ0v) is 23.0. The molecule has 1 aliphatic carbocycles. The van der Waals surface area contributed by atoms with Crippen molar-refractivity contribution in [3.63, 3.8) is 0 Å². The lowest BCUT2D eigenvalue weighted by Gasteiger charge is -2.37. The van der Waals surface area contributed by atoms with E-state index in [9.17, 15) is 14.9 Å². The third-order valence-corrected chi connectivity index (χ3v) is 7.20. The van der Waals surface area contributed by atoms with Crippen molar-refractivity contribution in [2.24, 2.45) is 10.9 Å². The first-order valence-corrected chi connectivity index (χ1v) is 13.5. The molecule has 11 nitrogen and oxygen atoms in total. The minimum Gasteiger partial charge on any atom is -0.450 e. The maximum atomic E-state index is 13.7. The first-order chi connectivity index (χ1) is 17.9. The van der Waals surface area contributed by atoms with Crippen LogP contribution in [0.1, 0.15) is 58.3 Å². The third kappa shape index (κ3) is 10.6. The zero-order chi connectivity index (χ0) is 27.1. The van der Waals surface area contributed by atoms with Gasteiger partial charge in [0.05, 0.1) is 19.3 Å². The number of nitrogens with one attached hydrogen (secondary N) is 3. The molecule has 37 heavy (non-hydrogen) atoms. The van der Waals surface area contributed by atoms with Crippen molar-refractivity contribution in [1.29, 1.82) is 5.26 Å². The number of nitriles is 1. The van der Waals surface area contributed by atoms with Crippen LogP contribution in [0.25, 0.3) is 0 Å². The molecule has 2 fully saturated rings. The van der Waals surface area contributed by atoms with E-state index >= 15 is 0 Å². The molecule has 2 atom stereocenters. The number of ether oxygens (including phenoxy) is 3. The van der Waals surface area contributed by atoms with E-state index in [1.165, 1.54) is 13.5 Å². The highest BCUT2D eigenvalue weighted by Gasteiger charge is 2.38. The molecule has 1 saturated carbocycles. The highest BCUT2D eigenvalue weighted by molar-refractivity contribution is 5.99. The number of carbonyl (C=O) groups excluding carboxylic acids is 2.